The summed E-state index contributed by atoms with van der Waals surface area (Å²) >= 11 is 1.60. The molecular formula is C15H22N2O3S. The fraction of sp³-hybridized carbons (Fsp3) is 0.667. The van der Waals surface area contributed by atoms with E-state index in [9.17, 15) is 9.59 Å². The van der Waals surface area contributed by atoms with E-state index in [1.807, 2.05) is 20.8 Å². The lowest BCUT2D eigenvalue weighted by atomic mass is 9.81. The summed E-state index contributed by atoms with van der Waals surface area (Å²) in [6, 6.07) is -0.0751. The van der Waals surface area contributed by atoms with Gasteiger partial charge in [0.1, 0.15) is 0 Å². The second-order valence-electron chi connectivity index (χ2n) is 5.81. The fourth-order valence-electron chi connectivity index (χ4n) is 3.00. The minimum Gasteiger partial charge on any atom is -0.481 e. The van der Waals surface area contributed by atoms with Gasteiger partial charge in [0.25, 0.3) is 0 Å². The number of rotatable bonds is 4. The van der Waals surface area contributed by atoms with Gasteiger partial charge in [-0.1, -0.05) is 6.42 Å². The minimum atomic E-state index is -0.783. The largest absolute Gasteiger partial charge is 0.481 e. The molecule has 0 bridgehead atoms. The zero-order valence-electron chi connectivity index (χ0n) is 12.7. The van der Waals surface area contributed by atoms with E-state index >= 15 is 0 Å². The first kappa shape index (κ1) is 15.9. The molecule has 0 radical (unpaired) electrons. The summed E-state index contributed by atoms with van der Waals surface area (Å²) in [5, 5.41) is 13.1. The van der Waals surface area contributed by atoms with Crippen LogP contribution >= 0.6 is 11.3 Å². The monoisotopic (exact) mass is 310 g/mol. The average Bonchev–Trinajstić information content (AvgIpc) is 2.77. The molecule has 0 aromatic carbocycles. The van der Waals surface area contributed by atoms with Crippen LogP contribution in [-0.2, 0) is 9.59 Å². The molecule has 1 aromatic rings. The molecule has 0 aliphatic heterocycles. The molecule has 116 valence electrons. The standard InChI is InChI=1S/C15H22N2O3S/c1-8-13(21-10(3)16-8)9(2)17-14(18)11-5-4-6-12(7-11)15(19)20/h9,11-12H,4-7H2,1-3H3,(H,17,18)(H,19,20). The summed E-state index contributed by atoms with van der Waals surface area (Å²) in [4.78, 5) is 28.9. The average molecular weight is 310 g/mol. The molecule has 1 aliphatic rings. The molecule has 1 saturated carbocycles. The number of carboxylic acid groups (broad SMARTS) is 1. The summed E-state index contributed by atoms with van der Waals surface area (Å²) in [5.74, 6) is -1.37. The Morgan fingerprint density at radius 3 is 2.57 bits per heavy atom. The lowest BCUT2D eigenvalue weighted by molar-refractivity contribution is -0.144. The van der Waals surface area contributed by atoms with Crippen LogP contribution in [0.2, 0.25) is 0 Å². The molecule has 2 N–H and O–H groups in total. The number of aryl methyl sites for hydroxylation is 2. The van der Waals surface area contributed by atoms with E-state index in [4.69, 9.17) is 5.11 Å². The van der Waals surface area contributed by atoms with Crippen molar-refractivity contribution < 1.29 is 14.7 Å². The van der Waals surface area contributed by atoms with Crippen LogP contribution in [0.25, 0.3) is 0 Å². The highest BCUT2D eigenvalue weighted by molar-refractivity contribution is 7.11. The highest BCUT2D eigenvalue weighted by Gasteiger charge is 2.31. The van der Waals surface area contributed by atoms with Crippen molar-refractivity contribution in [2.45, 2.75) is 52.5 Å². The molecule has 0 saturated heterocycles. The van der Waals surface area contributed by atoms with Crippen molar-refractivity contribution in [2.75, 3.05) is 0 Å². The van der Waals surface area contributed by atoms with Crippen molar-refractivity contribution in [3.63, 3.8) is 0 Å². The minimum absolute atomic E-state index is 0.0288. The predicted octanol–water partition coefficient (Wildman–Crippen LogP) is 2.83. The maximum Gasteiger partial charge on any atom is 0.306 e. The number of nitrogens with zero attached hydrogens (tertiary/aromatic N) is 1. The SMILES string of the molecule is Cc1nc(C)c(C(C)NC(=O)C2CCCC(C(=O)O)C2)s1. The van der Waals surface area contributed by atoms with Crippen molar-refractivity contribution in [2.24, 2.45) is 11.8 Å². The van der Waals surface area contributed by atoms with Gasteiger partial charge in [0.2, 0.25) is 5.91 Å². The van der Waals surface area contributed by atoms with Gasteiger partial charge in [-0.3, -0.25) is 9.59 Å². The molecule has 3 atom stereocenters. The number of carboxylic acids is 1. The Morgan fingerprint density at radius 1 is 1.33 bits per heavy atom. The van der Waals surface area contributed by atoms with Crippen LogP contribution in [0.4, 0.5) is 0 Å². The van der Waals surface area contributed by atoms with E-state index in [0.717, 1.165) is 28.4 Å². The molecular weight excluding hydrogens is 288 g/mol. The van der Waals surface area contributed by atoms with Crippen molar-refractivity contribution in [3.05, 3.63) is 15.6 Å². The van der Waals surface area contributed by atoms with Gasteiger partial charge in [0.15, 0.2) is 0 Å². The number of nitrogens with one attached hydrogen (secondary N) is 1. The van der Waals surface area contributed by atoms with E-state index < -0.39 is 5.97 Å². The second-order valence-corrected chi connectivity index (χ2v) is 7.05. The van der Waals surface area contributed by atoms with E-state index in [1.165, 1.54) is 0 Å². The van der Waals surface area contributed by atoms with Gasteiger partial charge in [-0.15, -0.1) is 11.3 Å². The lowest BCUT2D eigenvalue weighted by Gasteiger charge is -2.27. The quantitative estimate of drug-likeness (QED) is 0.896. The third-order valence-corrected chi connectivity index (χ3v) is 5.34. The zero-order valence-corrected chi connectivity index (χ0v) is 13.5. The number of aliphatic carboxylic acids is 1. The predicted molar refractivity (Wildman–Crippen MR) is 81.2 cm³/mol. The molecule has 21 heavy (non-hydrogen) atoms. The highest BCUT2D eigenvalue weighted by atomic mass is 32.1. The van der Waals surface area contributed by atoms with Crippen LogP contribution in [0, 0.1) is 25.7 Å². The molecule has 1 aliphatic carbocycles. The lowest BCUT2D eigenvalue weighted by Crippen LogP contribution is -2.36. The molecule has 3 unspecified atom stereocenters. The van der Waals surface area contributed by atoms with Crippen molar-refractivity contribution >= 4 is 23.2 Å². The zero-order chi connectivity index (χ0) is 15.6. The van der Waals surface area contributed by atoms with Gasteiger partial charge in [-0.25, -0.2) is 4.98 Å². The number of carbonyl (C=O) groups is 2. The smallest absolute Gasteiger partial charge is 0.306 e. The Kier molecular flexibility index (Phi) is 4.98. The maximum atomic E-state index is 12.3. The van der Waals surface area contributed by atoms with E-state index in [0.29, 0.717) is 12.8 Å². The van der Waals surface area contributed by atoms with E-state index in [2.05, 4.69) is 10.3 Å². The number of hydrogen-bond donors (Lipinski definition) is 2. The third-order valence-electron chi connectivity index (χ3n) is 4.09. The molecule has 0 spiro atoms. The van der Waals surface area contributed by atoms with Crippen molar-refractivity contribution in [1.29, 1.82) is 0 Å². The topological polar surface area (TPSA) is 79.3 Å². The van der Waals surface area contributed by atoms with Crippen LogP contribution < -0.4 is 5.32 Å². The summed E-state index contributed by atoms with van der Waals surface area (Å²) in [6.07, 6.45) is 2.72. The summed E-state index contributed by atoms with van der Waals surface area (Å²) in [7, 11) is 0. The van der Waals surface area contributed by atoms with Gasteiger partial charge < -0.3 is 10.4 Å². The van der Waals surface area contributed by atoms with Gasteiger partial charge in [-0.2, -0.15) is 0 Å². The fourth-order valence-corrected chi connectivity index (χ4v) is 3.93. The molecule has 2 rings (SSSR count). The first-order valence-electron chi connectivity index (χ1n) is 7.35. The van der Waals surface area contributed by atoms with Crippen molar-refractivity contribution in [3.8, 4) is 0 Å². The Balaban J connectivity index is 1.97. The van der Waals surface area contributed by atoms with Crippen molar-refractivity contribution in [1.82, 2.24) is 10.3 Å². The van der Waals surface area contributed by atoms with Crippen LogP contribution in [-0.4, -0.2) is 22.0 Å². The first-order chi connectivity index (χ1) is 9.88. The molecule has 1 fully saturated rings. The van der Waals surface area contributed by atoms with Gasteiger partial charge in [0.05, 0.1) is 22.7 Å². The van der Waals surface area contributed by atoms with Crippen LogP contribution in [0.15, 0.2) is 0 Å². The molecule has 5 nitrogen and oxygen atoms in total. The van der Waals surface area contributed by atoms with Crippen LogP contribution in [0.3, 0.4) is 0 Å². The Labute approximate surface area is 128 Å². The van der Waals surface area contributed by atoms with Gasteiger partial charge in [-0.05, 0) is 40.0 Å². The number of thiazole rings is 1. The molecule has 1 amide bonds. The third kappa shape index (κ3) is 3.81. The van der Waals surface area contributed by atoms with Crippen LogP contribution in [0.1, 0.15) is 54.2 Å². The second kappa shape index (κ2) is 6.56. The number of amides is 1. The van der Waals surface area contributed by atoms with Gasteiger partial charge in [0, 0.05) is 10.8 Å². The first-order valence-corrected chi connectivity index (χ1v) is 8.17. The molecule has 6 heteroatoms. The Bertz CT molecular complexity index is 541. The molecule has 1 heterocycles. The summed E-state index contributed by atoms with van der Waals surface area (Å²) in [6.45, 7) is 5.85. The summed E-state index contributed by atoms with van der Waals surface area (Å²) < 4.78 is 0. The number of aromatic nitrogens is 1. The Hall–Kier alpha value is -1.43. The number of hydrogen-bond acceptors (Lipinski definition) is 4. The van der Waals surface area contributed by atoms with Crippen LogP contribution in [0.5, 0.6) is 0 Å². The molecule has 1 aromatic heterocycles. The summed E-state index contributed by atoms with van der Waals surface area (Å²) in [5.41, 5.74) is 0.956. The van der Waals surface area contributed by atoms with E-state index in [1.54, 1.807) is 11.3 Å². The normalized spacial score (nSPS) is 23.6. The van der Waals surface area contributed by atoms with E-state index in [-0.39, 0.29) is 23.8 Å². The number of carbonyl (C=O) groups excluding carboxylic acids is 1. The highest BCUT2D eigenvalue weighted by Crippen LogP contribution is 2.31. The van der Waals surface area contributed by atoms with Gasteiger partial charge >= 0.3 is 5.97 Å². The Morgan fingerprint density at radius 2 is 2.00 bits per heavy atom. The maximum absolute atomic E-state index is 12.3.